The SMILES string of the molecule is COc1ccc(CC(N)c2cc(Br)ccc2I)cc1Br. The maximum absolute atomic E-state index is 6.35. The third kappa shape index (κ3) is 3.96. The quantitative estimate of drug-likeness (QED) is 0.583. The first-order valence-electron chi connectivity index (χ1n) is 6.04. The standard InChI is InChI=1S/C15H14Br2INO/c1-20-15-5-2-9(6-12(15)17)7-14(19)11-8-10(16)3-4-13(11)18/h2-6,8,14H,7,19H2,1H3. The second kappa shape index (κ2) is 7.24. The molecule has 0 aliphatic rings. The fourth-order valence-corrected chi connectivity index (χ4v) is 3.70. The van der Waals surface area contributed by atoms with E-state index >= 15 is 0 Å². The van der Waals surface area contributed by atoms with E-state index in [4.69, 9.17) is 10.5 Å². The molecule has 0 saturated carbocycles. The van der Waals surface area contributed by atoms with Gasteiger partial charge in [0.15, 0.2) is 0 Å². The Hall–Kier alpha value is -0.110. The van der Waals surface area contributed by atoms with E-state index in [1.807, 2.05) is 18.2 Å². The van der Waals surface area contributed by atoms with Crippen molar-refractivity contribution in [3.63, 3.8) is 0 Å². The van der Waals surface area contributed by atoms with Crippen molar-refractivity contribution in [2.75, 3.05) is 7.11 Å². The van der Waals surface area contributed by atoms with Crippen LogP contribution in [0, 0.1) is 3.57 Å². The van der Waals surface area contributed by atoms with Crippen molar-refractivity contribution in [2.24, 2.45) is 5.73 Å². The highest BCUT2D eigenvalue weighted by atomic mass is 127. The average molecular weight is 511 g/mol. The van der Waals surface area contributed by atoms with Crippen molar-refractivity contribution in [2.45, 2.75) is 12.5 Å². The van der Waals surface area contributed by atoms with Crippen molar-refractivity contribution in [1.29, 1.82) is 0 Å². The van der Waals surface area contributed by atoms with Gasteiger partial charge in [-0.15, -0.1) is 0 Å². The summed E-state index contributed by atoms with van der Waals surface area (Å²) in [6.45, 7) is 0. The summed E-state index contributed by atoms with van der Waals surface area (Å²) in [6.07, 6.45) is 0.787. The lowest BCUT2D eigenvalue weighted by Gasteiger charge is -2.15. The molecule has 0 aliphatic heterocycles. The molecule has 0 heterocycles. The minimum atomic E-state index is -0.0281. The van der Waals surface area contributed by atoms with Gasteiger partial charge in [-0.1, -0.05) is 22.0 Å². The van der Waals surface area contributed by atoms with Gasteiger partial charge in [-0.25, -0.2) is 0 Å². The van der Waals surface area contributed by atoms with Crippen LogP contribution in [-0.2, 0) is 6.42 Å². The molecule has 0 aromatic heterocycles. The Bertz CT molecular complexity index is 619. The minimum Gasteiger partial charge on any atom is -0.496 e. The Kier molecular flexibility index (Phi) is 5.89. The van der Waals surface area contributed by atoms with Crippen LogP contribution in [0.3, 0.4) is 0 Å². The van der Waals surface area contributed by atoms with Gasteiger partial charge >= 0.3 is 0 Å². The molecule has 1 atom stereocenters. The highest BCUT2D eigenvalue weighted by Crippen LogP contribution is 2.29. The zero-order valence-electron chi connectivity index (χ0n) is 10.9. The number of hydrogen-bond donors (Lipinski definition) is 1. The Morgan fingerprint density at radius 1 is 1.20 bits per heavy atom. The van der Waals surface area contributed by atoms with Crippen molar-refractivity contribution in [3.8, 4) is 5.75 Å². The van der Waals surface area contributed by atoms with Crippen LogP contribution in [0.2, 0.25) is 0 Å². The molecule has 0 spiro atoms. The van der Waals surface area contributed by atoms with E-state index in [0.717, 1.165) is 26.7 Å². The summed E-state index contributed by atoms with van der Waals surface area (Å²) in [5.74, 6) is 0.833. The Balaban J connectivity index is 2.21. The molecule has 0 amide bonds. The van der Waals surface area contributed by atoms with E-state index in [-0.39, 0.29) is 6.04 Å². The van der Waals surface area contributed by atoms with Crippen molar-refractivity contribution >= 4 is 54.5 Å². The Morgan fingerprint density at radius 3 is 2.60 bits per heavy atom. The number of methoxy groups -OCH3 is 1. The van der Waals surface area contributed by atoms with Crippen molar-refractivity contribution in [1.82, 2.24) is 0 Å². The summed E-state index contributed by atoms with van der Waals surface area (Å²) >= 11 is 9.33. The zero-order valence-corrected chi connectivity index (χ0v) is 16.2. The van der Waals surface area contributed by atoms with Crippen molar-refractivity contribution < 1.29 is 4.74 Å². The third-order valence-electron chi connectivity index (χ3n) is 3.03. The fourth-order valence-electron chi connectivity index (χ4n) is 2.00. The zero-order chi connectivity index (χ0) is 14.7. The molecule has 0 radical (unpaired) electrons. The average Bonchev–Trinajstić information content (AvgIpc) is 2.41. The lowest BCUT2D eigenvalue weighted by Crippen LogP contribution is -2.14. The predicted molar refractivity (Wildman–Crippen MR) is 98.2 cm³/mol. The van der Waals surface area contributed by atoms with Crippen LogP contribution in [0.5, 0.6) is 5.75 Å². The number of rotatable bonds is 4. The number of halogens is 3. The normalized spacial score (nSPS) is 12.2. The van der Waals surface area contributed by atoms with Crippen LogP contribution in [0.4, 0.5) is 0 Å². The monoisotopic (exact) mass is 509 g/mol. The molecule has 2 rings (SSSR count). The van der Waals surface area contributed by atoms with Crippen LogP contribution < -0.4 is 10.5 Å². The summed E-state index contributed by atoms with van der Waals surface area (Å²) < 4.78 is 8.43. The molecule has 2 nitrogen and oxygen atoms in total. The van der Waals surface area contributed by atoms with E-state index in [1.54, 1.807) is 7.11 Å². The van der Waals surface area contributed by atoms with E-state index < -0.39 is 0 Å². The van der Waals surface area contributed by atoms with Gasteiger partial charge in [0.25, 0.3) is 0 Å². The molecule has 20 heavy (non-hydrogen) atoms. The molecule has 1 unspecified atom stereocenters. The van der Waals surface area contributed by atoms with Gasteiger partial charge in [-0.05, 0) is 86.4 Å². The smallest absolute Gasteiger partial charge is 0.133 e. The molecule has 0 fully saturated rings. The van der Waals surface area contributed by atoms with Gasteiger partial charge in [-0.3, -0.25) is 0 Å². The molecule has 5 heteroatoms. The summed E-state index contributed by atoms with van der Waals surface area (Å²) in [5.41, 5.74) is 8.69. The first-order valence-corrected chi connectivity index (χ1v) is 8.70. The summed E-state index contributed by atoms with van der Waals surface area (Å²) in [7, 11) is 1.66. The summed E-state index contributed by atoms with van der Waals surface area (Å²) in [4.78, 5) is 0. The van der Waals surface area contributed by atoms with Gasteiger partial charge in [0.1, 0.15) is 5.75 Å². The van der Waals surface area contributed by atoms with E-state index in [9.17, 15) is 0 Å². The molecule has 2 aromatic carbocycles. The van der Waals surface area contributed by atoms with E-state index in [0.29, 0.717) is 0 Å². The third-order valence-corrected chi connectivity index (χ3v) is 5.12. The topological polar surface area (TPSA) is 35.2 Å². The van der Waals surface area contributed by atoms with Crippen LogP contribution in [0.25, 0.3) is 0 Å². The lowest BCUT2D eigenvalue weighted by molar-refractivity contribution is 0.412. The molecule has 0 bridgehead atoms. The Morgan fingerprint density at radius 2 is 1.95 bits per heavy atom. The first-order chi connectivity index (χ1) is 9.51. The highest BCUT2D eigenvalue weighted by Gasteiger charge is 2.12. The van der Waals surface area contributed by atoms with Crippen molar-refractivity contribution in [3.05, 3.63) is 60.0 Å². The van der Waals surface area contributed by atoms with Gasteiger partial charge in [-0.2, -0.15) is 0 Å². The molecule has 2 N–H and O–H groups in total. The van der Waals surface area contributed by atoms with Gasteiger partial charge in [0, 0.05) is 14.1 Å². The van der Waals surface area contributed by atoms with Crippen LogP contribution >= 0.6 is 54.5 Å². The molecular weight excluding hydrogens is 497 g/mol. The van der Waals surface area contributed by atoms with Gasteiger partial charge in [0.05, 0.1) is 11.6 Å². The molecule has 2 aromatic rings. The van der Waals surface area contributed by atoms with Crippen LogP contribution in [0.1, 0.15) is 17.2 Å². The summed E-state index contributed by atoms with van der Waals surface area (Å²) in [6, 6.07) is 12.2. The molecule has 0 aliphatic carbocycles. The number of hydrogen-bond acceptors (Lipinski definition) is 2. The summed E-state index contributed by atoms with van der Waals surface area (Å²) in [5, 5.41) is 0. The first kappa shape index (κ1) is 16.3. The maximum atomic E-state index is 6.35. The minimum absolute atomic E-state index is 0.0281. The van der Waals surface area contributed by atoms with E-state index in [2.05, 4.69) is 72.6 Å². The fraction of sp³-hybridized carbons (Fsp3) is 0.200. The highest BCUT2D eigenvalue weighted by molar-refractivity contribution is 14.1. The maximum Gasteiger partial charge on any atom is 0.133 e. The molecule has 0 saturated heterocycles. The number of ether oxygens (including phenoxy) is 1. The Labute approximate surface area is 149 Å². The van der Waals surface area contributed by atoms with E-state index in [1.165, 1.54) is 9.13 Å². The molecular formula is C15H14Br2INO. The van der Waals surface area contributed by atoms with Crippen LogP contribution in [0.15, 0.2) is 45.3 Å². The van der Waals surface area contributed by atoms with Gasteiger partial charge in [0.2, 0.25) is 0 Å². The largest absolute Gasteiger partial charge is 0.496 e. The lowest BCUT2D eigenvalue weighted by atomic mass is 10.00. The second-order valence-electron chi connectivity index (χ2n) is 4.45. The van der Waals surface area contributed by atoms with Gasteiger partial charge < -0.3 is 10.5 Å². The predicted octanol–water partition coefficient (Wildman–Crippen LogP) is 5.07. The second-order valence-corrected chi connectivity index (χ2v) is 7.38. The number of benzene rings is 2. The molecule has 106 valence electrons. The number of nitrogens with two attached hydrogens (primary N) is 1. The van der Waals surface area contributed by atoms with Crippen LogP contribution in [-0.4, -0.2) is 7.11 Å².